The van der Waals surface area contributed by atoms with Crippen LogP contribution in [-0.2, 0) is 4.79 Å². The number of carbonyl (C=O) groups is 1. The lowest BCUT2D eigenvalue weighted by Crippen LogP contribution is -1.98. The Balaban J connectivity index is 3.12. The van der Waals surface area contributed by atoms with Gasteiger partial charge in [-0.15, -0.1) is 0 Å². The fourth-order valence-electron chi connectivity index (χ4n) is 2.02. The number of hydrogen-bond donors (Lipinski definition) is 0. The summed E-state index contributed by atoms with van der Waals surface area (Å²) in [7, 11) is 0. The van der Waals surface area contributed by atoms with E-state index in [0.29, 0.717) is 5.78 Å². The molecule has 0 aromatic heterocycles. The molecule has 0 saturated carbocycles. The summed E-state index contributed by atoms with van der Waals surface area (Å²) in [6, 6.07) is 0. The van der Waals surface area contributed by atoms with Crippen molar-refractivity contribution in [1.82, 2.24) is 0 Å². The number of ketones is 1. The summed E-state index contributed by atoms with van der Waals surface area (Å²) in [5.41, 5.74) is 0. The zero-order valence-electron chi connectivity index (χ0n) is 12.0. The van der Waals surface area contributed by atoms with Crippen LogP contribution in [0.5, 0.6) is 0 Å². The normalized spacial score (nSPS) is 10.7. The zero-order valence-corrected chi connectivity index (χ0v) is 12.0. The van der Waals surface area contributed by atoms with Crippen molar-refractivity contribution in [2.24, 2.45) is 0 Å². The van der Waals surface area contributed by atoms with E-state index in [1.807, 2.05) is 6.42 Å². The van der Waals surface area contributed by atoms with Crippen molar-refractivity contribution in [3.8, 4) is 0 Å². The first-order valence-corrected chi connectivity index (χ1v) is 7.67. The molecular formula is C16H31O. The van der Waals surface area contributed by atoms with Crippen molar-refractivity contribution >= 4 is 5.78 Å². The van der Waals surface area contributed by atoms with Crippen LogP contribution in [0.3, 0.4) is 0 Å². The molecule has 0 aliphatic rings. The summed E-state index contributed by atoms with van der Waals surface area (Å²) >= 11 is 0. The molecule has 0 unspecified atom stereocenters. The van der Waals surface area contributed by atoms with Crippen LogP contribution in [0.1, 0.15) is 90.9 Å². The Morgan fingerprint density at radius 2 is 1.29 bits per heavy atom. The first kappa shape index (κ1) is 16.7. The number of rotatable bonds is 13. The van der Waals surface area contributed by atoms with E-state index in [4.69, 9.17) is 0 Å². The van der Waals surface area contributed by atoms with Gasteiger partial charge in [-0.3, -0.25) is 4.79 Å². The first-order valence-electron chi connectivity index (χ1n) is 7.67. The second-order valence-electron chi connectivity index (χ2n) is 5.04. The minimum Gasteiger partial charge on any atom is -0.299 e. The molecule has 0 amide bonds. The van der Waals surface area contributed by atoms with Crippen LogP contribution >= 0.6 is 0 Å². The maximum Gasteiger partial charge on any atom is 0.136 e. The molecule has 0 fully saturated rings. The van der Waals surface area contributed by atoms with E-state index in [0.717, 1.165) is 19.3 Å². The highest BCUT2D eigenvalue weighted by Crippen LogP contribution is 2.10. The molecule has 1 heteroatoms. The topological polar surface area (TPSA) is 17.1 Å². The van der Waals surface area contributed by atoms with Crippen LogP contribution in [0, 0.1) is 6.42 Å². The SMILES string of the molecule is CCCCCCC[CH]C(=O)CCCCCCC. The predicted octanol–water partition coefficient (Wildman–Crippen LogP) is 5.48. The lowest BCUT2D eigenvalue weighted by atomic mass is 10.0. The van der Waals surface area contributed by atoms with Gasteiger partial charge in [0.2, 0.25) is 0 Å². The van der Waals surface area contributed by atoms with Crippen molar-refractivity contribution in [3.63, 3.8) is 0 Å². The molecule has 101 valence electrons. The van der Waals surface area contributed by atoms with Crippen LogP contribution in [0.4, 0.5) is 0 Å². The lowest BCUT2D eigenvalue weighted by molar-refractivity contribution is -0.116. The van der Waals surface area contributed by atoms with Gasteiger partial charge in [-0.05, 0) is 12.8 Å². The third kappa shape index (κ3) is 13.6. The van der Waals surface area contributed by atoms with Gasteiger partial charge < -0.3 is 0 Å². The number of carbonyl (C=O) groups excluding carboxylic acids is 1. The monoisotopic (exact) mass is 239 g/mol. The van der Waals surface area contributed by atoms with Crippen molar-refractivity contribution in [3.05, 3.63) is 6.42 Å². The third-order valence-electron chi connectivity index (χ3n) is 3.21. The van der Waals surface area contributed by atoms with E-state index in [-0.39, 0.29) is 0 Å². The summed E-state index contributed by atoms with van der Waals surface area (Å²) in [5.74, 6) is 0.372. The molecule has 0 aliphatic heterocycles. The molecule has 1 radical (unpaired) electrons. The largest absolute Gasteiger partial charge is 0.299 e. The Labute approximate surface area is 108 Å². The van der Waals surface area contributed by atoms with Gasteiger partial charge in [-0.2, -0.15) is 0 Å². The summed E-state index contributed by atoms with van der Waals surface area (Å²) in [4.78, 5) is 11.5. The second kappa shape index (κ2) is 13.7. The molecule has 0 N–H and O–H groups in total. The van der Waals surface area contributed by atoms with Gasteiger partial charge in [0.25, 0.3) is 0 Å². The smallest absolute Gasteiger partial charge is 0.136 e. The zero-order chi connectivity index (χ0) is 12.8. The quantitative estimate of drug-likeness (QED) is 0.389. The maximum atomic E-state index is 11.5. The summed E-state index contributed by atoms with van der Waals surface area (Å²) in [5, 5.41) is 0. The molecular weight excluding hydrogens is 208 g/mol. The highest BCUT2D eigenvalue weighted by molar-refractivity contribution is 5.86. The Morgan fingerprint density at radius 1 is 0.765 bits per heavy atom. The molecule has 0 spiro atoms. The number of unbranched alkanes of at least 4 members (excludes halogenated alkanes) is 9. The minimum absolute atomic E-state index is 0.372. The summed E-state index contributed by atoms with van der Waals surface area (Å²) in [6.45, 7) is 4.45. The van der Waals surface area contributed by atoms with E-state index in [9.17, 15) is 4.79 Å². The number of Topliss-reactive ketones (excluding diaryl/α,β-unsaturated/α-hetero) is 1. The molecule has 0 aromatic carbocycles. The Morgan fingerprint density at radius 3 is 1.88 bits per heavy atom. The minimum atomic E-state index is 0.372. The standard InChI is InChI=1S/C16H31O/c1-3-5-7-9-11-13-15-16(17)14-12-10-8-6-4-2/h15H,3-14H2,1-2H3. The average molecular weight is 239 g/mol. The highest BCUT2D eigenvalue weighted by atomic mass is 16.1. The van der Waals surface area contributed by atoms with Gasteiger partial charge in [-0.25, -0.2) is 0 Å². The Kier molecular flexibility index (Phi) is 13.5. The average Bonchev–Trinajstić information content (AvgIpc) is 2.33. The molecule has 0 atom stereocenters. The summed E-state index contributed by atoms with van der Waals surface area (Å²) in [6.07, 6.45) is 16.3. The Hall–Kier alpha value is -0.330. The Bertz CT molecular complexity index is 163. The van der Waals surface area contributed by atoms with Gasteiger partial charge in [0, 0.05) is 12.8 Å². The van der Waals surface area contributed by atoms with Gasteiger partial charge in [0.15, 0.2) is 0 Å². The fourth-order valence-corrected chi connectivity index (χ4v) is 2.02. The second-order valence-corrected chi connectivity index (χ2v) is 5.04. The lowest BCUT2D eigenvalue weighted by Gasteiger charge is -2.01. The van der Waals surface area contributed by atoms with Crippen LogP contribution in [0.25, 0.3) is 0 Å². The molecule has 17 heavy (non-hydrogen) atoms. The molecule has 0 aromatic rings. The molecule has 1 nitrogen and oxygen atoms in total. The van der Waals surface area contributed by atoms with Crippen LogP contribution < -0.4 is 0 Å². The van der Waals surface area contributed by atoms with Crippen molar-refractivity contribution in [2.45, 2.75) is 90.9 Å². The van der Waals surface area contributed by atoms with E-state index in [1.54, 1.807) is 0 Å². The van der Waals surface area contributed by atoms with Crippen molar-refractivity contribution in [1.29, 1.82) is 0 Å². The fraction of sp³-hybridized carbons (Fsp3) is 0.875. The van der Waals surface area contributed by atoms with E-state index in [1.165, 1.54) is 57.8 Å². The number of hydrogen-bond acceptors (Lipinski definition) is 1. The van der Waals surface area contributed by atoms with E-state index in [2.05, 4.69) is 13.8 Å². The van der Waals surface area contributed by atoms with Gasteiger partial charge in [0.05, 0.1) is 0 Å². The van der Waals surface area contributed by atoms with Gasteiger partial charge in [0.1, 0.15) is 5.78 Å². The van der Waals surface area contributed by atoms with E-state index >= 15 is 0 Å². The highest BCUT2D eigenvalue weighted by Gasteiger charge is 2.01. The molecule has 0 heterocycles. The van der Waals surface area contributed by atoms with Gasteiger partial charge in [-0.1, -0.05) is 71.6 Å². The third-order valence-corrected chi connectivity index (χ3v) is 3.21. The molecule has 0 aliphatic carbocycles. The first-order chi connectivity index (χ1) is 8.31. The van der Waals surface area contributed by atoms with Crippen molar-refractivity contribution in [2.75, 3.05) is 0 Å². The van der Waals surface area contributed by atoms with Crippen molar-refractivity contribution < 1.29 is 4.79 Å². The van der Waals surface area contributed by atoms with Crippen LogP contribution in [0.2, 0.25) is 0 Å². The predicted molar refractivity (Wildman–Crippen MR) is 76.1 cm³/mol. The summed E-state index contributed by atoms with van der Waals surface area (Å²) < 4.78 is 0. The molecule has 0 saturated heterocycles. The van der Waals surface area contributed by atoms with Crippen LogP contribution in [0.15, 0.2) is 0 Å². The maximum absolute atomic E-state index is 11.5. The molecule has 0 rings (SSSR count). The molecule has 0 bridgehead atoms. The van der Waals surface area contributed by atoms with E-state index < -0.39 is 0 Å². The van der Waals surface area contributed by atoms with Crippen LogP contribution in [-0.4, -0.2) is 5.78 Å². The van der Waals surface area contributed by atoms with Gasteiger partial charge >= 0.3 is 0 Å².